The molecule has 0 fully saturated rings. The van der Waals surface area contributed by atoms with Gasteiger partial charge in [-0.15, -0.1) is 0 Å². The number of hydrogen-bond donors (Lipinski definition) is 0. The molecule has 0 saturated carbocycles. The van der Waals surface area contributed by atoms with Crippen LogP contribution in [-0.2, 0) is 0 Å². The minimum absolute atomic E-state index is 0.848. The molecule has 0 saturated heterocycles. The molecular weight excluding hydrogens is 655 g/mol. The molecule has 0 aliphatic carbocycles. The second-order valence-corrected chi connectivity index (χ2v) is 13.7. The maximum atomic E-state index is 7.22. The van der Waals surface area contributed by atoms with Gasteiger partial charge in [0.2, 0.25) is 0 Å². The first-order chi connectivity index (χ1) is 26.8. The van der Waals surface area contributed by atoms with Gasteiger partial charge in [0.1, 0.15) is 5.58 Å². The van der Waals surface area contributed by atoms with Crippen molar-refractivity contribution in [2.45, 2.75) is 0 Å². The van der Waals surface area contributed by atoms with Crippen molar-refractivity contribution in [3.05, 3.63) is 212 Å². The van der Waals surface area contributed by atoms with E-state index in [0.717, 1.165) is 55.5 Å². The van der Waals surface area contributed by atoms with Crippen LogP contribution in [0.4, 0.5) is 17.1 Å². The lowest BCUT2D eigenvalue weighted by atomic mass is 9.93. The maximum Gasteiger partial charge on any atom is 0.160 e. The lowest BCUT2D eigenvalue weighted by Crippen LogP contribution is -2.10. The van der Waals surface area contributed by atoms with Crippen LogP contribution in [0.1, 0.15) is 0 Å². The van der Waals surface area contributed by atoms with E-state index >= 15 is 0 Å². The number of fused-ring (bicyclic) bond motifs is 5. The second kappa shape index (κ2) is 13.4. The Balaban J connectivity index is 1.25. The number of nitrogens with zero attached hydrogens (tertiary/aromatic N) is 1. The van der Waals surface area contributed by atoms with Crippen molar-refractivity contribution < 1.29 is 4.42 Å². The molecule has 0 spiro atoms. The van der Waals surface area contributed by atoms with E-state index in [-0.39, 0.29) is 0 Å². The Labute approximate surface area is 314 Å². The summed E-state index contributed by atoms with van der Waals surface area (Å²) in [7, 11) is 0. The third-order valence-corrected chi connectivity index (χ3v) is 10.5. The monoisotopic (exact) mass is 689 g/mol. The fourth-order valence-corrected chi connectivity index (χ4v) is 7.87. The van der Waals surface area contributed by atoms with Crippen molar-refractivity contribution in [1.29, 1.82) is 0 Å². The van der Waals surface area contributed by atoms with Gasteiger partial charge < -0.3 is 9.32 Å². The van der Waals surface area contributed by atoms with Gasteiger partial charge in [0, 0.05) is 27.5 Å². The third kappa shape index (κ3) is 5.53. The highest BCUT2D eigenvalue weighted by Crippen LogP contribution is 2.48. The average Bonchev–Trinajstić information content (AvgIpc) is 3.65. The summed E-state index contributed by atoms with van der Waals surface area (Å²) in [6, 6.07) is 75.6. The summed E-state index contributed by atoms with van der Waals surface area (Å²) >= 11 is 0. The Morgan fingerprint density at radius 1 is 0.296 bits per heavy atom. The van der Waals surface area contributed by atoms with Gasteiger partial charge in [-0.05, 0) is 86.3 Å². The average molecular weight is 690 g/mol. The number of hydrogen-bond acceptors (Lipinski definition) is 2. The van der Waals surface area contributed by atoms with Crippen molar-refractivity contribution in [2.24, 2.45) is 0 Å². The first kappa shape index (κ1) is 31.6. The highest BCUT2D eigenvalue weighted by Gasteiger charge is 2.24. The van der Waals surface area contributed by atoms with Crippen LogP contribution in [-0.4, -0.2) is 0 Å². The zero-order valence-electron chi connectivity index (χ0n) is 29.6. The SMILES string of the molecule is c1ccc(-c2ccc(N(c3ccc(-c4ccccc4)cc3)c3ccc(-c4ccccc4)c4c3oc3c5ccccc5c(-c5ccccc5)cc34)cc2)cc1. The minimum Gasteiger partial charge on any atom is -0.453 e. The molecule has 2 heteroatoms. The highest BCUT2D eigenvalue weighted by molar-refractivity contribution is 6.24. The minimum atomic E-state index is 0.848. The lowest BCUT2D eigenvalue weighted by Gasteiger charge is -2.26. The first-order valence-electron chi connectivity index (χ1n) is 18.4. The topological polar surface area (TPSA) is 16.4 Å². The molecule has 0 radical (unpaired) electrons. The normalized spacial score (nSPS) is 11.3. The summed E-state index contributed by atoms with van der Waals surface area (Å²) < 4.78 is 7.22. The Hall–Kier alpha value is -7.16. The van der Waals surface area contributed by atoms with Gasteiger partial charge in [-0.1, -0.05) is 176 Å². The molecule has 0 aliphatic rings. The van der Waals surface area contributed by atoms with E-state index in [1.807, 2.05) is 0 Å². The standard InChI is InChI=1S/C52H35NO/c1-5-15-36(16-6-1)38-25-29-42(30-26-38)53(43-31-27-39(28-32-43)37-17-7-2-8-18-37)49-34-33-44(40-19-9-3-10-20-40)50-48-35-47(41-21-11-4-12-22-41)45-23-13-14-24-46(45)51(48)54-52(49)50/h1-35H. The van der Waals surface area contributed by atoms with Crippen LogP contribution >= 0.6 is 0 Å². The molecule has 10 aromatic rings. The van der Waals surface area contributed by atoms with Crippen molar-refractivity contribution in [3.8, 4) is 44.5 Å². The van der Waals surface area contributed by atoms with E-state index in [0.29, 0.717) is 0 Å². The van der Waals surface area contributed by atoms with Gasteiger partial charge >= 0.3 is 0 Å². The highest BCUT2D eigenvalue weighted by atomic mass is 16.3. The predicted octanol–water partition coefficient (Wildman–Crippen LogP) is 14.9. The van der Waals surface area contributed by atoms with Crippen LogP contribution in [0, 0.1) is 0 Å². The molecule has 0 unspecified atom stereocenters. The van der Waals surface area contributed by atoms with Gasteiger partial charge in [-0.25, -0.2) is 0 Å². The van der Waals surface area contributed by atoms with Crippen molar-refractivity contribution in [2.75, 3.05) is 4.90 Å². The summed E-state index contributed by atoms with van der Waals surface area (Å²) in [5.41, 5.74) is 14.2. The molecule has 54 heavy (non-hydrogen) atoms. The van der Waals surface area contributed by atoms with E-state index < -0.39 is 0 Å². The van der Waals surface area contributed by atoms with E-state index in [1.54, 1.807) is 0 Å². The fourth-order valence-electron chi connectivity index (χ4n) is 7.87. The number of anilines is 3. The summed E-state index contributed by atoms with van der Waals surface area (Å²) in [5, 5.41) is 4.47. The van der Waals surface area contributed by atoms with Gasteiger partial charge in [0.25, 0.3) is 0 Å². The fraction of sp³-hybridized carbons (Fsp3) is 0. The number of rotatable bonds is 7. The molecule has 9 aromatic carbocycles. The molecule has 0 atom stereocenters. The predicted molar refractivity (Wildman–Crippen MR) is 228 cm³/mol. The van der Waals surface area contributed by atoms with Crippen LogP contribution in [0.5, 0.6) is 0 Å². The number of benzene rings is 9. The summed E-state index contributed by atoms with van der Waals surface area (Å²) in [4.78, 5) is 2.34. The van der Waals surface area contributed by atoms with Gasteiger partial charge in [-0.3, -0.25) is 0 Å². The number of furan rings is 1. The van der Waals surface area contributed by atoms with Crippen LogP contribution in [0.2, 0.25) is 0 Å². The molecule has 2 nitrogen and oxygen atoms in total. The largest absolute Gasteiger partial charge is 0.453 e. The molecular formula is C52H35NO. The molecule has 10 rings (SSSR count). The first-order valence-corrected chi connectivity index (χ1v) is 18.4. The Morgan fingerprint density at radius 3 is 1.24 bits per heavy atom. The van der Waals surface area contributed by atoms with Gasteiger partial charge in [-0.2, -0.15) is 0 Å². The molecule has 0 N–H and O–H groups in total. The van der Waals surface area contributed by atoms with Gasteiger partial charge in [0.15, 0.2) is 5.58 Å². The molecule has 0 amide bonds. The zero-order valence-corrected chi connectivity index (χ0v) is 29.6. The van der Waals surface area contributed by atoms with E-state index in [4.69, 9.17) is 4.42 Å². The molecule has 254 valence electrons. The van der Waals surface area contributed by atoms with Crippen LogP contribution in [0.15, 0.2) is 217 Å². The van der Waals surface area contributed by atoms with Gasteiger partial charge in [0.05, 0.1) is 5.69 Å². The molecule has 0 aliphatic heterocycles. The Kier molecular flexibility index (Phi) is 7.85. The van der Waals surface area contributed by atoms with E-state index in [1.165, 1.54) is 38.8 Å². The maximum absolute atomic E-state index is 7.22. The lowest BCUT2D eigenvalue weighted by molar-refractivity contribution is 0.673. The zero-order chi connectivity index (χ0) is 35.8. The third-order valence-electron chi connectivity index (χ3n) is 10.5. The molecule has 1 aromatic heterocycles. The second-order valence-electron chi connectivity index (χ2n) is 13.7. The van der Waals surface area contributed by atoms with Crippen LogP contribution < -0.4 is 4.90 Å². The van der Waals surface area contributed by atoms with Crippen molar-refractivity contribution >= 4 is 49.8 Å². The summed E-state index contributed by atoms with van der Waals surface area (Å²) in [6.07, 6.45) is 0. The molecule has 1 heterocycles. The van der Waals surface area contributed by atoms with Crippen LogP contribution in [0.25, 0.3) is 77.2 Å². The Bertz CT molecular complexity index is 2800. The van der Waals surface area contributed by atoms with E-state index in [9.17, 15) is 0 Å². The summed E-state index contributed by atoms with van der Waals surface area (Å²) in [5.74, 6) is 0. The quantitative estimate of drug-likeness (QED) is 0.166. The van der Waals surface area contributed by atoms with Crippen LogP contribution in [0.3, 0.4) is 0 Å². The molecule has 0 bridgehead atoms. The summed E-state index contributed by atoms with van der Waals surface area (Å²) in [6.45, 7) is 0. The van der Waals surface area contributed by atoms with E-state index in [2.05, 4.69) is 217 Å². The Morgan fingerprint density at radius 2 is 0.722 bits per heavy atom. The van der Waals surface area contributed by atoms with Crippen molar-refractivity contribution in [3.63, 3.8) is 0 Å². The van der Waals surface area contributed by atoms with Crippen molar-refractivity contribution in [1.82, 2.24) is 0 Å². The smallest absolute Gasteiger partial charge is 0.160 e.